The monoisotopic (exact) mass is 372 g/mol. The van der Waals surface area contributed by atoms with E-state index in [2.05, 4.69) is 14.8 Å². The molecular weight excluding hydrogens is 355 g/mol. The molecule has 0 radical (unpaired) electrons. The minimum atomic E-state index is -1.67. The lowest BCUT2D eigenvalue weighted by Crippen LogP contribution is -2.49. The van der Waals surface area contributed by atoms with Crippen molar-refractivity contribution in [2.45, 2.75) is 19.9 Å². The molecule has 0 aliphatic carbocycles. The van der Waals surface area contributed by atoms with Crippen LogP contribution in [0, 0.1) is 15.9 Å². The first-order valence-corrected chi connectivity index (χ1v) is 7.49. The second kappa shape index (κ2) is 9.91. The largest absolute Gasteiger partial charge is 0.484 e. The van der Waals surface area contributed by atoms with Gasteiger partial charge in [0.2, 0.25) is 11.9 Å². The molecule has 0 atom stereocenters. The molecule has 1 amide bonds. The van der Waals surface area contributed by atoms with Gasteiger partial charge in [-0.1, -0.05) is 0 Å². The van der Waals surface area contributed by atoms with Gasteiger partial charge in [-0.15, -0.1) is 0 Å². The summed E-state index contributed by atoms with van der Waals surface area (Å²) in [5, 5.41) is 12.6. The first-order valence-electron chi connectivity index (χ1n) is 7.49. The number of halogens is 1. The lowest BCUT2D eigenvalue weighted by atomic mass is 10.3. The lowest BCUT2D eigenvalue weighted by Gasteiger charge is -2.16. The summed E-state index contributed by atoms with van der Waals surface area (Å²) in [6.07, 6.45) is 0. The molecule has 0 spiro atoms. The van der Waals surface area contributed by atoms with Crippen LogP contribution in [0.4, 0.5) is 10.1 Å². The Morgan fingerprint density at radius 3 is 2.23 bits per heavy atom. The number of nitrogens with one attached hydrogen (secondary N) is 1. The molecule has 0 aliphatic rings. The maximum absolute atomic E-state index is 13.5. The van der Waals surface area contributed by atoms with Gasteiger partial charge in [0.25, 0.3) is 5.91 Å². The molecule has 0 saturated heterocycles. The maximum atomic E-state index is 13.5. The second-order valence-electron chi connectivity index (χ2n) is 4.66. The number of amides is 1. The van der Waals surface area contributed by atoms with Crippen molar-refractivity contribution < 1.29 is 37.9 Å². The number of carbonyl (C=O) groups excluding carboxylic acids is 3. The zero-order chi connectivity index (χ0) is 19.7. The SMILES string of the molecule is CCOC(=O)C(NC(=O)COc1ccc([N+](=O)[O-])c(F)c1)C(=O)OCC. The average molecular weight is 372 g/mol. The Morgan fingerprint density at radius 2 is 1.77 bits per heavy atom. The predicted molar refractivity (Wildman–Crippen MR) is 83.7 cm³/mol. The first kappa shape index (κ1) is 20.8. The van der Waals surface area contributed by atoms with Gasteiger partial charge in [-0.05, 0) is 19.9 Å². The van der Waals surface area contributed by atoms with E-state index in [1.807, 2.05) is 0 Å². The quantitative estimate of drug-likeness (QED) is 0.290. The van der Waals surface area contributed by atoms with Crippen molar-refractivity contribution in [2.75, 3.05) is 19.8 Å². The summed E-state index contributed by atoms with van der Waals surface area (Å²) in [4.78, 5) is 44.9. The van der Waals surface area contributed by atoms with E-state index in [-0.39, 0.29) is 19.0 Å². The van der Waals surface area contributed by atoms with E-state index in [0.29, 0.717) is 0 Å². The predicted octanol–water partition coefficient (Wildman–Crippen LogP) is 0.724. The van der Waals surface area contributed by atoms with Crippen LogP contribution in [-0.4, -0.2) is 48.6 Å². The highest BCUT2D eigenvalue weighted by atomic mass is 19.1. The van der Waals surface area contributed by atoms with E-state index in [4.69, 9.17) is 4.74 Å². The van der Waals surface area contributed by atoms with Gasteiger partial charge in [-0.25, -0.2) is 9.59 Å². The molecule has 1 N–H and O–H groups in total. The van der Waals surface area contributed by atoms with Gasteiger partial charge in [-0.3, -0.25) is 14.9 Å². The summed E-state index contributed by atoms with van der Waals surface area (Å²) in [5.74, 6) is -4.16. The number of benzene rings is 1. The van der Waals surface area contributed by atoms with E-state index in [0.717, 1.165) is 18.2 Å². The van der Waals surface area contributed by atoms with Gasteiger partial charge < -0.3 is 19.5 Å². The zero-order valence-corrected chi connectivity index (χ0v) is 14.0. The third kappa shape index (κ3) is 6.00. The van der Waals surface area contributed by atoms with Crippen molar-refractivity contribution in [3.05, 3.63) is 34.1 Å². The fourth-order valence-electron chi connectivity index (χ4n) is 1.74. The van der Waals surface area contributed by atoms with Crippen LogP contribution in [0.15, 0.2) is 18.2 Å². The second-order valence-corrected chi connectivity index (χ2v) is 4.66. The molecule has 0 fully saturated rings. The van der Waals surface area contributed by atoms with E-state index in [9.17, 15) is 28.9 Å². The molecular formula is C15H17FN2O8. The molecule has 0 unspecified atom stereocenters. The minimum Gasteiger partial charge on any atom is -0.484 e. The molecule has 0 bridgehead atoms. The Labute approximate surface area is 147 Å². The van der Waals surface area contributed by atoms with Crippen LogP contribution >= 0.6 is 0 Å². The van der Waals surface area contributed by atoms with E-state index < -0.39 is 46.9 Å². The van der Waals surface area contributed by atoms with E-state index in [1.54, 1.807) is 0 Å². The van der Waals surface area contributed by atoms with Crippen molar-refractivity contribution in [3.8, 4) is 5.75 Å². The van der Waals surface area contributed by atoms with Crippen LogP contribution in [0.3, 0.4) is 0 Å². The molecule has 142 valence electrons. The summed E-state index contributed by atoms with van der Waals surface area (Å²) in [7, 11) is 0. The summed E-state index contributed by atoms with van der Waals surface area (Å²) >= 11 is 0. The molecule has 1 rings (SSSR count). The van der Waals surface area contributed by atoms with Crippen molar-refractivity contribution in [1.82, 2.24) is 5.32 Å². The lowest BCUT2D eigenvalue weighted by molar-refractivity contribution is -0.387. The van der Waals surface area contributed by atoms with Crippen molar-refractivity contribution in [2.24, 2.45) is 0 Å². The topological polar surface area (TPSA) is 134 Å². The van der Waals surface area contributed by atoms with Crippen molar-refractivity contribution in [1.29, 1.82) is 0 Å². The van der Waals surface area contributed by atoms with Crippen LogP contribution in [-0.2, 0) is 23.9 Å². The van der Waals surface area contributed by atoms with E-state index in [1.165, 1.54) is 13.8 Å². The summed E-state index contributed by atoms with van der Waals surface area (Å²) in [6, 6.07) is 1.05. The highest BCUT2D eigenvalue weighted by Crippen LogP contribution is 2.22. The summed E-state index contributed by atoms with van der Waals surface area (Å²) in [6.45, 7) is 2.35. The Balaban J connectivity index is 2.70. The number of hydrogen-bond donors (Lipinski definition) is 1. The van der Waals surface area contributed by atoms with Crippen LogP contribution < -0.4 is 10.1 Å². The normalized spacial score (nSPS) is 10.2. The number of carbonyl (C=O) groups is 3. The molecule has 0 aromatic heterocycles. The van der Waals surface area contributed by atoms with Crippen LogP contribution in [0.2, 0.25) is 0 Å². The zero-order valence-electron chi connectivity index (χ0n) is 14.0. The Hall–Kier alpha value is -3.24. The highest BCUT2D eigenvalue weighted by Gasteiger charge is 2.31. The third-order valence-electron chi connectivity index (χ3n) is 2.84. The number of nitro benzene ring substituents is 1. The number of rotatable bonds is 9. The highest BCUT2D eigenvalue weighted by molar-refractivity contribution is 6.02. The summed E-state index contributed by atoms with van der Waals surface area (Å²) < 4.78 is 27.8. The average Bonchev–Trinajstić information content (AvgIpc) is 2.57. The summed E-state index contributed by atoms with van der Waals surface area (Å²) in [5.41, 5.74) is -0.744. The molecule has 26 heavy (non-hydrogen) atoms. The number of nitrogens with zero attached hydrogens (tertiary/aromatic N) is 1. The van der Waals surface area contributed by atoms with Gasteiger partial charge >= 0.3 is 17.6 Å². The standard InChI is InChI=1S/C15H17FN2O8/c1-3-24-14(20)13(15(21)25-4-2)17-12(19)8-26-9-5-6-11(18(22)23)10(16)7-9/h5-7,13H,3-4,8H2,1-2H3,(H,17,19). The molecule has 11 heteroatoms. The number of nitro groups is 1. The van der Waals surface area contributed by atoms with Gasteiger partial charge in [0.1, 0.15) is 5.75 Å². The van der Waals surface area contributed by atoms with E-state index >= 15 is 0 Å². The number of hydrogen-bond acceptors (Lipinski definition) is 8. The molecule has 0 aliphatic heterocycles. The van der Waals surface area contributed by atoms with Gasteiger partial charge in [0, 0.05) is 12.1 Å². The molecule has 1 aromatic rings. The first-order chi connectivity index (χ1) is 12.3. The third-order valence-corrected chi connectivity index (χ3v) is 2.84. The fourth-order valence-corrected chi connectivity index (χ4v) is 1.74. The van der Waals surface area contributed by atoms with Gasteiger partial charge in [0.05, 0.1) is 18.1 Å². The van der Waals surface area contributed by atoms with Gasteiger partial charge in [0.15, 0.2) is 6.61 Å². The number of ether oxygens (including phenoxy) is 3. The Kier molecular flexibility index (Phi) is 7.93. The molecule has 0 heterocycles. The van der Waals surface area contributed by atoms with Crippen molar-refractivity contribution >= 4 is 23.5 Å². The van der Waals surface area contributed by atoms with Crippen LogP contribution in [0.25, 0.3) is 0 Å². The fraction of sp³-hybridized carbons (Fsp3) is 0.400. The van der Waals surface area contributed by atoms with Gasteiger partial charge in [-0.2, -0.15) is 4.39 Å². The molecule has 1 aromatic carbocycles. The Morgan fingerprint density at radius 1 is 1.19 bits per heavy atom. The number of esters is 2. The molecule has 0 saturated carbocycles. The maximum Gasteiger partial charge on any atom is 0.340 e. The Bertz CT molecular complexity index is 676. The van der Waals surface area contributed by atoms with Crippen molar-refractivity contribution in [3.63, 3.8) is 0 Å². The smallest absolute Gasteiger partial charge is 0.340 e. The molecule has 10 nitrogen and oxygen atoms in total. The van der Waals surface area contributed by atoms with Crippen LogP contribution in [0.1, 0.15) is 13.8 Å². The van der Waals surface area contributed by atoms with Crippen LogP contribution in [0.5, 0.6) is 5.75 Å². The minimum absolute atomic E-state index is 0.0107.